The topological polar surface area (TPSA) is 66.8 Å². The van der Waals surface area contributed by atoms with E-state index in [4.69, 9.17) is 4.74 Å². The Morgan fingerprint density at radius 3 is 2.42 bits per heavy atom. The van der Waals surface area contributed by atoms with Crippen LogP contribution in [0.2, 0.25) is 0 Å². The number of carbonyl (C=O) groups excluding carboxylic acids is 1. The largest absolute Gasteiger partial charge is 0.462 e. The van der Waals surface area contributed by atoms with Gasteiger partial charge in [0.2, 0.25) is 0 Å². The molecule has 128 valence electrons. The molecule has 0 radical (unpaired) electrons. The highest BCUT2D eigenvalue weighted by Crippen LogP contribution is 2.30. The summed E-state index contributed by atoms with van der Waals surface area (Å²) in [5.41, 5.74) is 3.48. The maximum absolute atomic E-state index is 11.8. The second kappa shape index (κ2) is 8.62. The molecule has 0 aromatic heterocycles. The first kappa shape index (κ1) is 18.2. The zero-order valence-corrected chi connectivity index (χ0v) is 14.1. The molecule has 0 heterocycles. The van der Waals surface area contributed by atoms with Crippen LogP contribution in [0.3, 0.4) is 0 Å². The number of aliphatic hydroxyl groups excluding tert-OH is 2. The average molecular weight is 328 g/mol. The summed E-state index contributed by atoms with van der Waals surface area (Å²) < 4.78 is 4.99. The Kier molecular flexibility index (Phi) is 6.53. The molecule has 0 bridgehead atoms. The van der Waals surface area contributed by atoms with E-state index in [1.165, 1.54) is 0 Å². The van der Waals surface area contributed by atoms with Crippen LogP contribution in [0.4, 0.5) is 0 Å². The monoisotopic (exact) mass is 328 g/mol. The average Bonchev–Trinajstić information content (AvgIpc) is 2.56. The van der Waals surface area contributed by atoms with Gasteiger partial charge in [-0.2, -0.15) is 0 Å². The molecule has 0 aliphatic heterocycles. The quantitative estimate of drug-likeness (QED) is 0.767. The van der Waals surface area contributed by atoms with Crippen LogP contribution in [0.5, 0.6) is 0 Å². The lowest BCUT2D eigenvalue weighted by molar-refractivity contribution is 0.0526. The Bertz CT molecular complexity index is 664. The third-order valence-corrected chi connectivity index (χ3v) is 3.99. The number of carbonyl (C=O) groups is 1. The summed E-state index contributed by atoms with van der Waals surface area (Å²) in [5, 5.41) is 19.7. The summed E-state index contributed by atoms with van der Waals surface area (Å²) in [6.07, 6.45) is -0.414. The van der Waals surface area contributed by atoms with Crippen molar-refractivity contribution in [1.29, 1.82) is 0 Å². The fraction of sp³-hybridized carbons (Fsp3) is 0.350. The number of hydrogen-bond donors (Lipinski definition) is 2. The molecule has 2 aromatic rings. The first-order valence-electron chi connectivity index (χ1n) is 8.19. The Balaban J connectivity index is 2.35. The molecule has 2 rings (SSSR count). The molecular weight excluding hydrogens is 304 g/mol. The summed E-state index contributed by atoms with van der Waals surface area (Å²) in [7, 11) is 0. The van der Waals surface area contributed by atoms with Crippen molar-refractivity contribution in [1.82, 2.24) is 0 Å². The second-order valence-corrected chi connectivity index (χ2v) is 5.81. The van der Waals surface area contributed by atoms with Gasteiger partial charge in [-0.15, -0.1) is 0 Å². The van der Waals surface area contributed by atoms with E-state index in [9.17, 15) is 15.0 Å². The van der Waals surface area contributed by atoms with E-state index in [1.54, 1.807) is 19.1 Å². The van der Waals surface area contributed by atoms with Crippen molar-refractivity contribution in [2.75, 3.05) is 13.2 Å². The fourth-order valence-corrected chi connectivity index (χ4v) is 2.84. The molecule has 2 atom stereocenters. The van der Waals surface area contributed by atoms with E-state index in [-0.39, 0.29) is 24.9 Å². The van der Waals surface area contributed by atoms with Crippen molar-refractivity contribution in [2.45, 2.75) is 32.3 Å². The number of rotatable bonds is 7. The molecule has 4 heteroatoms. The highest BCUT2D eigenvalue weighted by atomic mass is 16.5. The van der Waals surface area contributed by atoms with Crippen LogP contribution in [-0.4, -0.2) is 35.5 Å². The van der Waals surface area contributed by atoms with E-state index in [2.05, 4.69) is 0 Å². The van der Waals surface area contributed by atoms with E-state index >= 15 is 0 Å². The molecule has 4 nitrogen and oxygen atoms in total. The lowest BCUT2D eigenvalue weighted by Gasteiger charge is -2.24. The number of benzene rings is 2. The maximum Gasteiger partial charge on any atom is 0.338 e. The summed E-state index contributed by atoms with van der Waals surface area (Å²) >= 11 is 0. The summed E-state index contributed by atoms with van der Waals surface area (Å²) in [6, 6.07) is 15.0. The second-order valence-electron chi connectivity index (χ2n) is 5.81. The van der Waals surface area contributed by atoms with Crippen molar-refractivity contribution < 1.29 is 19.7 Å². The molecule has 0 aliphatic carbocycles. The highest BCUT2D eigenvalue weighted by Gasteiger charge is 2.23. The minimum atomic E-state index is -0.703. The Morgan fingerprint density at radius 1 is 1.12 bits per heavy atom. The van der Waals surface area contributed by atoms with Gasteiger partial charge in [0.05, 0.1) is 18.3 Å². The van der Waals surface area contributed by atoms with Gasteiger partial charge >= 0.3 is 5.97 Å². The number of ether oxygens (including phenoxy) is 1. The van der Waals surface area contributed by atoms with Crippen LogP contribution in [0, 0.1) is 6.92 Å². The Hall–Kier alpha value is -2.17. The van der Waals surface area contributed by atoms with Gasteiger partial charge in [-0.3, -0.25) is 0 Å². The van der Waals surface area contributed by atoms with Crippen molar-refractivity contribution in [3.63, 3.8) is 0 Å². The minimum absolute atomic E-state index is 0.0790. The minimum Gasteiger partial charge on any atom is -0.462 e. The van der Waals surface area contributed by atoms with E-state index in [1.807, 2.05) is 43.3 Å². The molecule has 0 fully saturated rings. The van der Waals surface area contributed by atoms with Crippen LogP contribution < -0.4 is 0 Å². The van der Waals surface area contributed by atoms with Gasteiger partial charge < -0.3 is 14.9 Å². The van der Waals surface area contributed by atoms with Gasteiger partial charge in [0.15, 0.2) is 0 Å². The summed E-state index contributed by atoms with van der Waals surface area (Å²) in [5.74, 6) is -0.611. The predicted molar refractivity (Wildman–Crippen MR) is 93.1 cm³/mol. The smallest absolute Gasteiger partial charge is 0.338 e. The van der Waals surface area contributed by atoms with Gasteiger partial charge in [0.25, 0.3) is 0 Å². The molecule has 2 N–H and O–H groups in total. The van der Waals surface area contributed by atoms with Crippen molar-refractivity contribution >= 4 is 5.97 Å². The summed E-state index contributed by atoms with van der Waals surface area (Å²) in [6.45, 7) is 4.03. The fourth-order valence-electron chi connectivity index (χ4n) is 2.84. The summed E-state index contributed by atoms with van der Waals surface area (Å²) in [4.78, 5) is 11.8. The Labute approximate surface area is 142 Å². The number of aliphatic hydroxyl groups is 2. The normalized spacial score (nSPS) is 13.3. The number of hydrogen-bond acceptors (Lipinski definition) is 4. The zero-order chi connectivity index (χ0) is 17.5. The van der Waals surface area contributed by atoms with Crippen LogP contribution >= 0.6 is 0 Å². The first-order chi connectivity index (χ1) is 11.6. The lowest BCUT2D eigenvalue weighted by atomic mass is 9.84. The number of aryl methyl sites for hydroxylation is 1. The van der Waals surface area contributed by atoms with Crippen LogP contribution in [0.15, 0.2) is 48.5 Å². The molecule has 0 saturated heterocycles. The third-order valence-electron chi connectivity index (χ3n) is 3.99. The Morgan fingerprint density at radius 2 is 1.83 bits per heavy atom. The molecule has 2 aromatic carbocycles. The van der Waals surface area contributed by atoms with Crippen molar-refractivity contribution in [2.24, 2.45) is 0 Å². The van der Waals surface area contributed by atoms with E-state index < -0.39 is 6.10 Å². The lowest BCUT2D eigenvalue weighted by Crippen LogP contribution is -2.21. The maximum atomic E-state index is 11.8. The SMILES string of the molecule is CCOC(=O)c1ccc([C@H](c2cccc(C)c2)[C@@H](O)CCO)cc1. The molecule has 0 saturated carbocycles. The molecule has 0 spiro atoms. The third kappa shape index (κ3) is 4.43. The van der Waals surface area contributed by atoms with Crippen LogP contribution in [0.25, 0.3) is 0 Å². The van der Waals surface area contributed by atoms with Crippen molar-refractivity contribution in [3.05, 3.63) is 70.8 Å². The van der Waals surface area contributed by atoms with Gasteiger partial charge in [0, 0.05) is 12.5 Å². The van der Waals surface area contributed by atoms with E-state index in [0.717, 1.165) is 16.7 Å². The van der Waals surface area contributed by atoms with Crippen LogP contribution in [-0.2, 0) is 4.74 Å². The van der Waals surface area contributed by atoms with Gasteiger partial charge in [-0.05, 0) is 43.5 Å². The predicted octanol–water partition coefficient (Wildman–Crippen LogP) is 3.05. The van der Waals surface area contributed by atoms with Crippen molar-refractivity contribution in [3.8, 4) is 0 Å². The van der Waals surface area contributed by atoms with Gasteiger partial charge in [-0.25, -0.2) is 4.79 Å². The highest BCUT2D eigenvalue weighted by molar-refractivity contribution is 5.89. The molecular formula is C20H24O4. The first-order valence-corrected chi connectivity index (χ1v) is 8.19. The van der Waals surface area contributed by atoms with E-state index in [0.29, 0.717) is 12.2 Å². The molecule has 0 amide bonds. The van der Waals surface area contributed by atoms with Gasteiger partial charge in [-0.1, -0.05) is 42.0 Å². The standard InChI is InChI=1S/C20H24O4/c1-3-24-20(23)16-9-7-15(8-10-16)19(18(22)11-12-21)17-6-4-5-14(2)13-17/h4-10,13,18-19,21-22H,3,11-12H2,1-2H3/t18-,19+/m0/s1. The molecule has 24 heavy (non-hydrogen) atoms. The number of esters is 1. The van der Waals surface area contributed by atoms with Gasteiger partial charge in [0.1, 0.15) is 0 Å². The zero-order valence-electron chi connectivity index (χ0n) is 14.1. The molecule has 0 unspecified atom stereocenters. The molecule has 0 aliphatic rings. The van der Waals surface area contributed by atoms with Crippen LogP contribution in [0.1, 0.15) is 46.3 Å².